The lowest BCUT2D eigenvalue weighted by Crippen LogP contribution is -2.31. The summed E-state index contributed by atoms with van der Waals surface area (Å²) < 4.78 is 0. The highest BCUT2D eigenvalue weighted by Gasteiger charge is 2.26. The summed E-state index contributed by atoms with van der Waals surface area (Å²) in [7, 11) is 2.06. The molecule has 0 aliphatic carbocycles. The number of nitrogens with one attached hydrogen (secondary N) is 1. The molecule has 0 radical (unpaired) electrons. The number of nitrogens with zero attached hydrogens (tertiary/aromatic N) is 1. The van der Waals surface area contributed by atoms with Gasteiger partial charge in [0.05, 0.1) is 0 Å². The zero-order valence-electron chi connectivity index (χ0n) is 9.40. The highest BCUT2D eigenvalue weighted by Crippen LogP contribution is 2.29. The van der Waals surface area contributed by atoms with Crippen LogP contribution in [0.3, 0.4) is 0 Å². The molecule has 1 saturated heterocycles. The van der Waals surface area contributed by atoms with E-state index in [1.807, 2.05) is 0 Å². The maximum absolute atomic E-state index is 3.32. The zero-order chi connectivity index (χ0) is 9.73. The van der Waals surface area contributed by atoms with Crippen LogP contribution < -0.4 is 5.32 Å². The van der Waals surface area contributed by atoms with Gasteiger partial charge in [0.1, 0.15) is 0 Å². The van der Waals surface area contributed by atoms with Crippen molar-refractivity contribution in [2.45, 2.75) is 33.1 Å². The largest absolute Gasteiger partial charge is 0.319 e. The third-order valence-corrected chi connectivity index (χ3v) is 3.34. The molecule has 1 aliphatic heterocycles. The van der Waals surface area contributed by atoms with Crippen molar-refractivity contribution in [1.82, 2.24) is 10.2 Å². The fourth-order valence-corrected chi connectivity index (χ4v) is 2.31. The van der Waals surface area contributed by atoms with Gasteiger partial charge in [0, 0.05) is 6.54 Å². The molecule has 0 spiro atoms. The van der Waals surface area contributed by atoms with Crippen LogP contribution >= 0.6 is 0 Å². The van der Waals surface area contributed by atoms with Gasteiger partial charge in [0.25, 0.3) is 0 Å². The molecule has 0 aromatic rings. The minimum atomic E-state index is 0.540. The topological polar surface area (TPSA) is 15.3 Å². The van der Waals surface area contributed by atoms with Gasteiger partial charge < -0.3 is 10.2 Å². The Morgan fingerprint density at radius 3 is 2.69 bits per heavy atom. The van der Waals surface area contributed by atoms with Crippen LogP contribution in [0.2, 0.25) is 0 Å². The molecule has 1 N–H and O–H groups in total. The van der Waals surface area contributed by atoms with E-state index < -0.39 is 0 Å². The van der Waals surface area contributed by atoms with Crippen LogP contribution in [0.15, 0.2) is 0 Å². The average Bonchev–Trinajstić information content (AvgIpc) is 2.28. The standard InChI is InChI=1S/C11H24N2/c1-4-13-8-5-6-11(2,7-9-13)10-12-3/h12H,4-10H2,1-3H3. The zero-order valence-corrected chi connectivity index (χ0v) is 9.40. The molecule has 1 atom stereocenters. The fourth-order valence-electron chi connectivity index (χ4n) is 2.31. The summed E-state index contributed by atoms with van der Waals surface area (Å²) in [5.74, 6) is 0. The van der Waals surface area contributed by atoms with Gasteiger partial charge >= 0.3 is 0 Å². The summed E-state index contributed by atoms with van der Waals surface area (Å²) in [5, 5.41) is 3.32. The van der Waals surface area contributed by atoms with Crippen molar-refractivity contribution in [3.63, 3.8) is 0 Å². The Hall–Kier alpha value is -0.0800. The molecule has 0 bridgehead atoms. The number of likely N-dealkylation sites (tertiary alicyclic amines) is 1. The summed E-state index contributed by atoms with van der Waals surface area (Å²) in [4.78, 5) is 2.57. The Bertz CT molecular complexity index is 147. The van der Waals surface area contributed by atoms with Crippen LogP contribution in [0.1, 0.15) is 33.1 Å². The number of hydrogen-bond donors (Lipinski definition) is 1. The molecule has 0 aromatic heterocycles. The molecule has 2 heteroatoms. The third kappa shape index (κ3) is 3.28. The van der Waals surface area contributed by atoms with E-state index in [1.165, 1.54) is 45.4 Å². The first-order chi connectivity index (χ1) is 6.20. The van der Waals surface area contributed by atoms with Crippen molar-refractivity contribution in [3.8, 4) is 0 Å². The van der Waals surface area contributed by atoms with Crippen molar-refractivity contribution in [1.29, 1.82) is 0 Å². The van der Waals surface area contributed by atoms with Crippen LogP contribution in [0.25, 0.3) is 0 Å². The van der Waals surface area contributed by atoms with Crippen molar-refractivity contribution in [2.24, 2.45) is 5.41 Å². The lowest BCUT2D eigenvalue weighted by Gasteiger charge is -2.27. The van der Waals surface area contributed by atoms with Gasteiger partial charge in [0.15, 0.2) is 0 Å². The number of hydrogen-bond acceptors (Lipinski definition) is 2. The summed E-state index contributed by atoms with van der Waals surface area (Å²) >= 11 is 0. The Kier molecular flexibility index (Phi) is 4.20. The predicted molar refractivity (Wildman–Crippen MR) is 58.0 cm³/mol. The van der Waals surface area contributed by atoms with Gasteiger partial charge in [-0.2, -0.15) is 0 Å². The molecule has 1 unspecified atom stereocenters. The van der Waals surface area contributed by atoms with E-state index in [1.54, 1.807) is 0 Å². The van der Waals surface area contributed by atoms with Crippen molar-refractivity contribution in [3.05, 3.63) is 0 Å². The second kappa shape index (κ2) is 4.97. The highest BCUT2D eigenvalue weighted by atomic mass is 15.1. The van der Waals surface area contributed by atoms with Gasteiger partial charge in [-0.3, -0.25) is 0 Å². The number of rotatable bonds is 3. The molecule has 13 heavy (non-hydrogen) atoms. The van der Waals surface area contributed by atoms with Crippen LogP contribution in [0.4, 0.5) is 0 Å². The monoisotopic (exact) mass is 184 g/mol. The van der Waals surface area contributed by atoms with E-state index in [0.717, 1.165) is 0 Å². The van der Waals surface area contributed by atoms with Crippen LogP contribution in [0, 0.1) is 5.41 Å². The minimum Gasteiger partial charge on any atom is -0.319 e. The summed E-state index contributed by atoms with van der Waals surface area (Å²) in [5.41, 5.74) is 0.540. The van der Waals surface area contributed by atoms with Gasteiger partial charge in [0.2, 0.25) is 0 Å². The third-order valence-electron chi connectivity index (χ3n) is 3.34. The molecule has 78 valence electrons. The van der Waals surface area contributed by atoms with E-state index in [2.05, 4.69) is 31.1 Å². The van der Waals surface area contributed by atoms with Crippen LogP contribution in [-0.4, -0.2) is 38.1 Å². The molecular formula is C11H24N2. The molecule has 1 heterocycles. The Balaban J connectivity index is 2.42. The molecule has 0 amide bonds. The van der Waals surface area contributed by atoms with Gasteiger partial charge in [-0.15, -0.1) is 0 Å². The van der Waals surface area contributed by atoms with Crippen LogP contribution in [0.5, 0.6) is 0 Å². The van der Waals surface area contributed by atoms with E-state index in [4.69, 9.17) is 0 Å². The molecule has 0 saturated carbocycles. The second-order valence-electron chi connectivity index (χ2n) is 4.63. The molecule has 1 fully saturated rings. The average molecular weight is 184 g/mol. The molecule has 2 nitrogen and oxygen atoms in total. The van der Waals surface area contributed by atoms with Gasteiger partial charge in [-0.25, -0.2) is 0 Å². The molecular weight excluding hydrogens is 160 g/mol. The lowest BCUT2D eigenvalue weighted by molar-refractivity contribution is 0.251. The quantitative estimate of drug-likeness (QED) is 0.718. The lowest BCUT2D eigenvalue weighted by atomic mass is 9.83. The first kappa shape index (κ1) is 11.0. The van der Waals surface area contributed by atoms with Gasteiger partial charge in [-0.1, -0.05) is 13.8 Å². The van der Waals surface area contributed by atoms with E-state index >= 15 is 0 Å². The SMILES string of the molecule is CCN1CCCC(C)(CNC)CC1. The van der Waals surface area contributed by atoms with E-state index in [9.17, 15) is 0 Å². The Morgan fingerprint density at radius 2 is 2.08 bits per heavy atom. The molecule has 1 rings (SSSR count). The summed E-state index contributed by atoms with van der Waals surface area (Å²) in [6.45, 7) is 9.66. The summed E-state index contributed by atoms with van der Waals surface area (Å²) in [6, 6.07) is 0. The van der Waals surface area contributed by atoms with Crippen LogP contribution in [-0.2, 0) is 0 Å². The summed E-state index contributed by atoms with van der Waals surface area (Å²) in [6.07, 6.45) is 4.10. The Morgan fingerprint density at radius 1 is 1.31 bits per heavy atom. The fraction of sp³-hybridized carbons (Fsp3) is 1.00. The first-order valence-corrected chi connectivity index (χ1v) is 5.57. The normalized spacial score (nSPS) is 31.6. The van der Waals surface area contributed by atoms with Crippen molar-refractivity contribution < 1.29 is 0 Å². The van der Waals surface area contributed by atoms with Gasteiger partial charge in [-0.05, 0) is 51.4 Å². The predicted octanol–water partition coefficient (Wildman–Crippen LogP) is 1.72. The maximum atomic E-state index is 3.32. The smallest absolute Gasteiger partial charge is 0.000264 e. The van der Waals surface area contributed by atoms with E-state index in [0.29, 0.717) is 5.41 Å². The molecule has 0 aromatic carbocycles. The minimum absolute atomic E-state index is 0.540. The first-order valence-electron chi connectivity index (χ1n) is 5.57. The highest BCUT2D eigenvalue weighted by molar-refractivity contribution is 4.81. The molecule has 1 aliphatic rings. The van der Waals surface area contributed by atoms with Crippen molar-refractivity contribution >= 4 is 0 Å². The van der Waals surface area contributed by atoms with E-state index in [-0.39, 0.29) is 0 Å². The second-order valence-corrected chi connectivity index (χ2v) is 4.63. The Labute approximate surface area is 82.7 Å². The maximum Gasteiger partial charge on any atom is 0.000264 e. The van der Waals surface area contributed by atoms with Crippen molar-refractivity contribution in [2.75, 3.05) is 33.2 Å².